The molecule has 2 heterocycles. The quantitative estimate of drug-likeness (QED) is 0.0765. The molecule has 0 aromatic heterocycles. The lowest BCUT2D eigenvalue weighted by Gasteiger charge is -2.53. The number of rotatable bonds is 17. The number of aliphatic hydroxyl groups excluding tert-OH is 1. The Kier molecular flexibility index (Phi) is 16.0. The van der Waals surface area contributed by atoms with Crippen LogP contribution in [0.3, 0.4) is 0 Å². The number of esters is 1. The summed E-state index contributed by atoms with van der Waals surface area (Å²) in [5.41, 5.74) is 0.418. The number of hydrogen-bond acceptors (Lipinski definition) is 8. The number of hydrogen-bond donors (Lipinski definition) is 4. The Labute approximate surface area is 284 Å². The molecular formula is C37H54O11. The van der Waals surface area contributed by atoms with Gasteiger partial charge in [-0.15, -0.1) is 0 Å². The maximum atomic E-state index is 13.0. The molecule has 0 amide bonds. The second-order valence-corrected chi connectivity index (χ2v) is 13.8. The van der Waals surface area contributed by atoms with E-state index in [-0.39, 0.29) is 37.2 Å². The van der Waals surface area contributed by atoms with Crippen molar-refractivity contribution in [3.8, 4) is 0 Å². The lowest BCUT2D eigenvalue weighted by molar-refractivity contribution is -0.342. The minimum absolute atomic E-state index is 0.180. The predicted molar refractivity (Wildman–Crippen MR) is 180 cm³/mol. The molecular weight excluding hydrogens is 620 g/mol. The highest BCUT2D eigenvalue weighted by Crippen LogP contribution is 2.49. The Morgan fingerprint density at radius 1 is 0.938 bits per heavy atom. The van der Waals surface area contributed by atoms with Gasteiger partial charge >= 0.3 is 23.9 Å². The summed E-state index contributed by atoms with van der Waals surface area (Å²) in [4.78, 5) is 46.2. The summed E-state index contributed by atoms with van der Waals surface area (Å²) in [7, 11) is 0. The van der Waals surface area contributed by atoms with Crippen LogP contribution in [0, 0.1) is 17.8 Å². The molecule has 2 rings (SSSR count). The first-order valence-electron chi connectivity index (χ1n) is 16.8. The smallest absolute Gasteiger partial charge is 0.328 e. The molecule has 2 aliphatic heterocycles. The number of aliphatic carboxylic acids is 3. The molecule has 7 atom stereocenters. The van der Waals surface area contributed by atoms with Gasteiger partial charge in [0.05, 0.1) is 31.2 Å². The van der Waals surface area contributed by atoms with E-state index in [0.29, 0.717) is 37.2 Å². The molecule has 2 saturated heterocycles. The lowest BCUT2D eigenvalue weighted by atomic mass is 9.76. The Morgan fingerprint density at radius 3 is 2.27 bits per heavy atom. The van der Waals surface area contributed by atoms with Crippen LogP contribution in [0.1, 0.15) is 99.3 Å². The minimum Gasteiger partial charge on any atom is -0.481 e. The second-order valence-electron chi connectivity index (χ2n) is 13.8. The van der Waals surface area contributed by atoms with Crippen LogP contribution in [-0.4, -0.2) is 74.0 Å². The van der Waals surface area contributed by atoms with Gasteiger partial charge in [-0.1, -0.05) is 69.7 Å². The first-order valence-corrected chi connectivity index (χ1v) is 16.8. The van der Waals surface area contributed by atoms with Gasteiger partial charge in [0, 0.05) is 37.3 Å². The summed E-state index contributed by atoms with van der Waals surface area (Å²) < 4.78 is 19.7. The molecule has 0 radical (unpaired) electrons. The van der Waals surface area contributed by atoms with Crippen molar-refractivity contribution in [2.75, 3.05) is 0 Å². The molecule has 0 aromatic rings. The zero-order valence-electron chi connectivity index (χ0n) is 29.1. The Bertz CT molecular complexity index is 1280. The van der Waals surface area contributed by atoms with Gasteiger partial charge in [0.25, 0.3) is 0 Å². The van der Waals surface area contributed by atoms with Gasteiger partial charge in [-0.2, -0.15) is 0 Å². The molecule has 4 N–H and O–H groups in total. The molecule has 1 spiro atoms. The fraction of sp³-hybridized carbons (Fsp3) is 0.622. The molecule has 0 saturated carbocycles. The van der Waals surface area contributed by atoms with E-state index < -0.39 is 47.5 Å². The molecule has 48 heavy (non-hydrogen) atoms. The number of allylic oxidation sites excluding steroid dienone is 4. The van der Waals surface area contributed by atoms with Crippen molar-refractivity contribution in [3.05, 3.63) is 59.8 Å². The van der Waals surface area contributed by atoms with Crippen molar-refractivity contribution >= 4 is 23.9 Å². The van der Waals surface area contributed by atoms with E-state index in [4.69, 9.17) is 24.4 Å². The molecule has 2 aliphatic rings. The largest absolute Gasteiger partial charge is 0.481 e. The van der Waals surface area contributed by atoms with E-state index in [1.807, 2.05) is 13.0 Å². The van der Waals surface area contributed by atoms with Crippen LogP contribution in [0.4, 0.5) is 0 Å². The molecule has 0 bridgehead atoms. The number of ether oxygens (including phenoxy) is 3. The third-order valence-corrected chi connectivity index (χ3v) is 8.80. The van der Waals surface area contributed by atoms with E-state index in [9.17, 15) is 29.4 Å². The zero-order chi connectivity index (χ0) is 36.1. The monoisotopic (exact) mass is 674 g/mol. The fourth-order valence-electron chi connectivity index (χ4n) is 6.00. The summed E-state index contributed by atoms with van der Waals surface area (Å²) in [5, 5.41) is 37.6. The number of carboxylic acid groups (broad SMARTS) is 3. The third kappa shape index (κ3) is 14.3. The summed E-state index contributed by atoms with van der Waals surface area (Å²) in [6, 6.07) is 0. The Balaban J connectivity index is 2.38. The number of carbonyl (C=O) groups excluding carboxylic acids is 1. The first-order chi connectivity index (χ1) is 22.4. The predicted octanol–water partition coefficient (Wildman–Crippen LogP) is 6.38. The summed E-state index contributed by atoms with van der Waals surface area (Å²) in [6.45, 7) is 11.6. The van der Waals surface area contributed by atoms with Gasteiger partial charge in [-0.05, 0) is 56.9 Å². The van der Waals surface area contributed by atoms with Crippen LogP contribution >= 0.6 is 0 Å². The van der Waals surface area contributed by atoms with E-state index in [0.717, 1.165) is 30.6 Å². The van der Waals surface area contributed by atoms with E-state index in [2.05, 4.69) is 20.8 Å². The highest BCUT2D eigenvalue weighted by molar-refractivity contribution is 5.81. The molecule has 2 fully saturated rings. The summed E-state index contributed by atoms with van der Waals surface area (Å²) in [6.07, 6.45) is 13.9. The third-order valence-electron chi connectivity index (χ3n) is 8.80. The van der Waals surface area contributed by atoms with Crippen LogP contribution in [0.25, 0.3) is 0 Å². The average molecular weight is 675 g/mol. The number of aliphatic hydroxyl groups is 1. The van der Waals surface area contributed by atoms with E-state index >= 15 is 0 Å². The van der Waals surface area contributed by atoms with Crippen molar-refractivity contribution in [2.45, 2.75) is 129 Å². The average Bonchev–Trinajstić information content (AvgIpc) is 2.99. The summed E-state index contributed by atoms with van der Waals surface area (Å²) >= 11 is 0. The molecule has 0 unspecified atom stereocenters. The van der Waals surface area contributed by atoms with Gasteiger partial charge in [0.2, 0.25) is 0 Å². The summed E-state index contributed by atoms with van der Waals surface area (Å²) in [5.74, 6) is -4.81. The van der Waals surface area contributed by atoms with Crippen LogP contribution in [-0.2, 0) is 33.4 Å². The maximum Gasteiger partial charge on any atom is 0.328 e. The normalized spacial score (nSPS) is 28.4. The van der Waals surface area contributed by atoms with Crippen molar-refractivity contribution in [2.24, 2.45) is 17.8 Å². The molecule has 11 heteroatoms. The Hall–Kier alpha value is -3.54. The van der Waals surface area contributed by atoms with Gasteiger partial charge in [-0.3, -0.25) is 9.59 Å². The van der Waals surface area contributed by atoms with Crippen LogP contribution in [0.15, 0.2) is 59.8 Å². The second kappa shape index (κ2) is 18.9. The standard InChI is InChI=1S/C37H54O11/c1-24(2)17-19-36(48-35(45)16-15-33(41)42)22-29(11-7-26(4)21-34(43)44)46-37(23-36)20-18-28(6)31(47-37)13-9-25(3)8-12-30(38)27(5)10-14-32(39)40/h7-12,14,21,24,27-31,38H,13,15-20,22-23H2,1-6H3,(H,39,40)(H,41,42)(H,43,44)/b11-7+,12-8+,14-10+,25-9+,26-21+/t27-,28-,29-,30-,31+,36-,37-/m0/s1. The van der Waals surface area contributed by atoms with Crippen LogP contribution in [0.5, 0.6) is 0 Å². The van der Waals surface area contributed by atoms with Gasteiger partial charge in [0.15, 0.2) is 5.79 Å². The van der Waals surface area contributed by atoms with Crippen molar-refractivity contribution in [1.82, 2.24) is 0 Å². The maximum absolute atomic E-state index is 13.0. The van der Waals surface area contributed by atoms with Gasteiger partial charge < -0.3 is 34.6 Å². The molecule has 0 aliphatic carbocycles. The molecule has 268 valence electrons. The zero-order valence-corrected chi connectivity index (χ0v) is 29.1. The van der Waals surface area contributed by atoms with Crippen molar-refractivity contribution in [1.29, 1.82) is 0 Å². The SMILES string of the molecule is CC(/C=C/[C@H](O)[C@@H](C)/C=C/C(=O)O)=C\C[C@H]1O[C@@]2(CC[C@@H]1C)C[C@@](CCC(C)C)(OC(=O)CCC(=O)O)C[C@H](/C=C/C(C)=C/C(=O)O)O2. The topological polar surface area (TPSA) is 177 Å². The number of carboxylic acids is 3. The van der Waals surface area contributed by atoms with Crippen LogP contribution in [0.2, 0.25) is 0 Å². The molecule has 0 aromatic carbocycles. The lowest BCUT2D eigenvalue weighted by Crippen LogP contribution is -2.58. The Morgan fingerprint density at radius 2 is 1.65 bits per heavy atom. The molecule has 11 nitrogen and oxygen atoms in total. The minimum atomic E-state index is -1.10. The highest BCUT2D eigenvalue weighted by atomic mass is 16.7. The fourth-order valence-corrected chi connectivity index (χ4v) is 6.00. The van der Waals surface area contributed by atoms with E-state index in [1.165, 1.54) is 6.08 Å². The van der Waals surface area contributed by atoms with Gasteiger partial charge in [0.1, 0.15) is 5.60 Å². The van der Waals surface area contributed by atoms with Crippen LogP contribution < -0.4 is 0 Å². The van der Waals surface area contributed by atoms with Crippen molar-refractivity contribution in [3.63, 3.8) is 0 Å². The number of carbonyl (C=O) groups is 4. The van der Waals surface area contributed by atoms with E-state index in [1.54, 1.807) is 38.2 Å². The van der Waals surface area contributed by atoms with Crippen molar-refractivity contribution < 1.29 is 53.8 Å². The highest BCUT2D eigenvalue weighted by Gasteiger charge is 2.54. The van der Waals surface area contributed by atoms with Gasteiger partial charge in [-0.25, -0.2) is 9.59 Å². The first kappa shape index (κ1) is 40.6.